The molecule has 3 aliphatic rings. The van der Waals surface area contributed by atoms with E-state index in [1.54, 1.807) is 0 Å². The summed E-state index contributed by atoms with van der Waals surface area (Å²) in [6.45, 7) is 4.75. The summed E-state index contributed by atoms with van der Waals surface area (Å²) in [6.07, 6.45) is 0. The first-order valence-electron chi connectivity index (χ1n) is 20.1. The SMILES string of the molecule is CC1(C)c2ccccc2-c2c(N(c3cccc(-c4ccccc4)c3)c3cccc4c3-c3ccccc3C43c4ccccc4-c4ccc5ccccc5c43)cccc21. The third kappa shape index (κ3) is 4.24. The van der Waals surface area contributed by atoms with Gasteiger partial charge in [0.25, 0.3) is 0 Å². The maximum absolute atomic E-state index is 2.57. The van der Waals surface area contributed by atoms with Crippen LogP contribution >= 0.6 is 0 Å². The predicted molar refractivity (Wildman–Crippen MR) is 238 cm³/mol. The van der Waals surface area contributed by atoms with Crippen LogP contribution in [0.4, 0.5) is 17.1 Å². The van der Waals surface area contributed by atoms with Crippen molar-refractivity contribution in [1.29, 1.82) is 0 Å². The van der Waals surface area contributed by atoms with Crippen molar-refractivity contribution in [3.8, 4) is 44.5 Å². The van der Waals surface area contributed by atoms with Crippen LogP contribution in [0.2, 0.25) is 0 Å². The number of hydrogen-bond donors (Lipinski definition) is 0. The highest BCUT2D eigenvalue weighted by Crippen LogP contribution is 2.66. The standard InChI is InChI=1S/C56H39N/c1-55(2)45-26-11-9-24-43(45)52-48(55)29-15-31-50(52)57(39-21-14-20-38(35-39)36-17-4-3-5-18-36)51-32-16-30-49-53(51)44-25-10-13-28-47(44)56(49)46-27-12-8-23-41(46)42-34-33-37-19-6-7-22-40(37)54(42)56/h3-35H,1-2H3. The molecule has 3 aliphatic carbocycles. The Balaban J connectivity index is 1.21. The van der Waals surface area contributed by atoms with E-state index in [1.165, 1.54) is 100 Å². The first kappa shape index (κ1) is 32.3. The topological polar surface area (TPSA) is 3.24 Å². The number of rotatable bonds is 4. The minimum absolute atomic E-state index is 0.132. The Morgan fingerprint density at radius 3 is 1.68 bits per heavy atom. The maximum Gasteiger partial charge on any atom is 0.0732 e. The fraction of sp³-hybridized carbons (Fsp3) is 0.0714. The van der Waals surface area contributed by atoms with E-state index in [-0.39, 0.29) is 5.41 Å². The molecule has 0 amide bonds. The van der Waals surface area contributed by atoms with Crippen molar-refractivity contribution >= 4 is 27.8 Å². The molecule has 0 heterocycles. The molecular weight excluding hydrogens is 687 g/mol. The van der Waals surface area contributed by atoms with Crippen molar-refractivity contribution in [2.45, 2.75) is 24.7 Å². The van der Waals surface area contributed by atoms with Crippen LogP contribution in [-0.4, -0.2) is 0 Å². The Kier molecular flexibility index (Phi) is 6.67. The Morgan fingerprint density at radius 1 is 0.368 bits per heavy atom. The highest BCUT2D eigenvalue weighted by Gasteiger charge is 2.53. The second kappa shape index (κ2) is 11.8. The van der Waals surface area contributed by atoms with Crippen LogP contribution in [0.5, 0.6) is 0 Å². The molecule has 0 aliphatic heterocycles. The lowest BCUT2D eigenvalue weighted by molar-refractivity contribution is 0.660. The molecule has 1 unspecified atom stereocenters. The quantitative estimate of drug-likeness (QED) is 0.175. The second-order valence-electron chi connectivity index (χ2n) is 16.4. The first-order chi connectivity index (χ1) is 28.1. The van der Waals surface area contributed by atoms with E-state index < -0.39 is 5.41 Å². The van der Waals surface area contributed by atoms with E-state index >= 15 is 0 Å². The molecule has 0 fully saturated rings. The lowest BCUT2D eigenvalue weighted by Crippen LogP contribution is -2.26. The average molecular weight is 726 g/mol. The molecule has 268 valence electrons. The lowest BCUT2D eigenvalue weighted by Gasteiger charge is -2.33. The lowest BCUT2D eigenvalue weighted by atomic mass is 9.69. The van der Waals surface area contributed by atoms with Crippen molar-refractivity contribution in [3.63, 3.8) is 0 Å². The van der Waals surface area contributed by atoms with Crippen molar-refractivity contribution in [1.82, 2.24) is 0 Å². The highest BCUT2D eigenvalue weighted by atomic mass is 15.1. The molecule has 0 saturated heterocycles. The van der Waals surface area contributed by atoms with Crippen LogP contribution in [0.15, 0.2) is 200 Å². The largest absolute Gasteiger partial charge is 0.309 e. The molecule has 0 radical (unpaired) electrons. The van der Waals surface area contributed by atoms with E-state index in [9.17, 15) is 0 Å². The Labute approximate surface area is 334 Å². The van der Waals surface area contributed by atoms with Gasteiger partial charge in [-0.3, -0.25) is 0 Å². The summed E-state index contributed by atoms with van der Waals surface area (Å²) in [4.78, 5) is 2.57. The van der Waals surface area contributed by atoms with Crippen LogP contribution < -0.4 is 4.90 Å². The number of fused-ring (bicyclic) bond motifs is 15. The summed E-state index contributed by atoms with van der Waals surface area (Å²) in [7, 11) is 0. The summed E-state index contributed by atoms with van der Waals surface area (Å²) in [5.74, 6) is 0. The number of anilines is 3. The van der Waals surface area contributed by atoms with Gasteiger partial charge in [0.05, 0.1) is 16.8 Å². The zero-order chi connectivity index (χ0) is 37.9. The van der Waals surface area contributed by atoms with E-state index in [2.05, 4.69) is 219 Å². The van der Waals surface area contributed by atoms with Crippen molar-refractivity contribution in [3.05, 3.63) is 234 Å². The molecular formula is C56H39N. The molecule has 0 aromatic heterocycles. The fourth-order valence-corrected chi connectivity index (χ4v) is 10.9. The molecule has 9 aromatic carbocycles. The van der Waals surface area contributed by atoms with Gasteiger partial charge >= 0.3 is 0 Å². The number of hydrogen-bond acceptors (Lipinski definition) is 1. The van der Waals surface area contributed by atoms with Crippen LogP contribution in [-0.2, 0) is 10.8 Å². The summed E-state index contributed by atoms with van der Waals surface area (Å²) < 4.78 is 0. The molecule has 0 N–H and O–H groups in total. The smallest absolute Gasteiger partial charge is 0.0732 e. The van der Waals surface area contributed by atoms with Gasteiger partial charge in [-0.05, 0) is 102 Å². The molecule has 12 rings (SSSR count). The Bertz CT molecular complexity index is 3110. The molecule has 1 atom stereocenters. The van der Waals surface area contributed by atoms with Gasteiger partial charge in [0.1, 0.15) is 0 Å². The van der Waals surface area contributed by atoms with Crippen molar-refractivity contribution < 1.29 is 0 Å². The van der Waals surface area contributed by atoms with Crippen molar-refractivity contribution in [2.24, 2.45) is 0 Å². The molecule has 57 heavy (non-hydrogen) atoms. The van der Waals surface area contributed by atoms with Crippen LogP contribution in [0.3, 0.4) is 0 Å². The molecule has 9 aromatic rings. The van der Waals surface area contributed by atoms with E-state index in [4.69, 9.17) is 0 Å². The molecule has 1 spiro atoms. The van der Waals surface area contributed by atoms with Gasteiger partial charge in [0.2, 0.25) is 0 Å². The summed E-state index contributed by atoms with van der Waals surface area (Å²) in [5.41, 5.74) is 21.3. The maximum atomic E-state index is 2.57. The van der Waals surface area contributed by atoms with Gasteiger partial charge in [-0.1, -0.05) is 190 Å². The summed E-state index contributed by atoms with van der Waals surface area (Å²) in [6, 6.07) is 75.0. The third-order valence-electron chi connectivity index (χ3n) is 13.3. The van der Waals surface area contributed by atoms with Crippen LogP contribution in [0, 0.1) is 0 Å². The fourth-order valence-electron chi connectivity index (χ4n) is 10.9. The van der Waals surface area contributed by atoms with Crippen molar-refractivity contribution in [2.75, 3.05) is 4.90 Å². The second-order valence-corrected chi connectivity index (χ2v) is 16.4. The van der Waals surface area contributed by atoms with Gasteiger partial charge in [-0.2, -0.15) is 0 Å². The van der Waals surface area contributed by atoms with E-state index in [0.717, 1.165) is 5.69 Å². The normalized spacial score (nSPS) is 16.1. The van der Waals surface area contributed by atoms with Gasteiger partial charge in [0, 0.05) is 22.2 Å². The van der Waals surface area contributed by atoms with E-state index in [1.807, 2.05) is 0 Å². The zero-order valence-corrected chi connectivity index (χ0v) is 32.0. The number of nitrogens with zero attached hydrogens (tertiary/aromatic N) is 1. The zero-order valence-electron chi connectivity index (χ0n) is 32.0. The Hall–Kier alpha value is -6.96. The monoisotopic (exact) mass is 725 g/mol. The van der Waals surface area contributed by atoms with Crippen LogP contribution in [0.1, 0.15) is 47.2 Å². The number of benzene rings is 9. The van der Waals surface area contributed by atoms with Gasteiger partial charge in [0.15, 0.2) is 0 Å². The molecule has 0 bridgehead atoms. The van der Waals surface area contributed by atoms with Gasteiger partial charge in [-0.15, -0.1) is 0 Å². The molecule has 0 saturated carbocycles. The summed E-state index contributed by atoms with van der Waals surface area (Å²) >= 11 is 0. The highest BCUT2D eigenvalue weighted by molar-refractivity contribution is 6.07. The molecule has 1 nitrogen and oxygen atoms in total. The predicted octanol–water partition coefficient (Wildman–Crippen LogP) is 14.6. The van der Waals surface area contributed by atoms with Gasteiger partial charge < -0.3 is 4.90 Å². The minimum Gasteiger partial charge on any atom is -0.309 e. The van der Waals surface area contributed by atoms with Gasteiger partial charge in [-0.25, -0.2) is 0 Å². The Morgan fingerprint density at radius 2 is 0.912 bits per heavy atom. The third-order valence-corrected chi connectivity index (χ3v) is 13.3. The molecule has 1 heteroatoms. The minimum atomic E-state index is -0.487. The first-order valence-corrected chi connectivity index (χ1v) is 20.1. The van der Waals surface area contributed by atoms with Crippen LogP contribution in [0.25, 0.3) is 55.3 Å². The summed E-state index contributed by atoms with van der Waals surface area (Å²) in [5, 5.41) is 2.58. The average Bonchev–Trinajstić information content (AvgIpc) is 3.84. The van der Waals surface area contributed by atoms with E-state index in [0.29, 0.717) is 0 Å².